The second-order valence-corrected chi connectivity index (χ2v) is 7.84. The van der Waals surface area contributed by atoms with Crippen molar-refractivity contribution in [3.8, 4) is 0 Å². The van der Waals surface area contributed by atoms with Crippen molar-refractivity contribution in [3.05, 3.63) is 0 Å². The molecule has 0 aromatic carbocycles. The van der Waals surface area contributed by atoms with E-state index in [1.54, 1.807) is 0 Å². The molecule has 0 atom stereocenters. The van der Waals surface area contributed by atoms with Crippen LogP contribution in [0.25, 0.3) is 0 Å². The van der Waals surface area contributed by atoms with Crippen LogP contribution in [0, 0.1) is 0 Å². The van der Waals surface area contributed by atoms with Crippen LogP contribution in [0.3, 0.4) is 0 Å². The van der Waals surface area contributed by atoms with Gasteiger partial charge in [0.15, 0.2) is 0 Å². The Morgan fingerprint density at radius 3 is 1.57 bits per heavy atom. The molecule has 0 amide bonds. The van der Waals surface area contributed by atoms with Crippen LogP contribution in [0.15, 0.2) is 0 Å². The van der Waals surface area contributed by atoms with Crippen molar-refractivity contribution < 1.29 is 13.3 Å². The summed E-state index contributed by atoms with van der Waals surface area (Å²) in [5, 5.41) is 3.32. The number of rotatable bonds is 16. The van der Waals surface area contributed by atoms with Crippen LogP contribution >= 0.6 is 0 Å². The second-order valence-electron chi connectivity index (χ2n) is 5.25. The van der Waals surface area contributed by atoms with Crippen molar-refractivity contribution >= 4 is 8.80 Å². The summed E-state index contributed by atoms with van der Waals surface area (Å²) in [4.78, 5) is 0. The van der Waals surface area contributed by atoms with E-state index >= 15 is 0 Å². The molecule has 0 spiro atoms. The highest BCUT2D eigenvalue weighted by Crippen LogP contribution is 2.12. The lowest BCUT2D eigenvalue weighted by Gasteiger charge is -2.30. The third-order valence-electron chi connectivity index (χ3n) is 3.12. The third kappa shape index (κ3) is 11.3. The number of unbranched alkanes of at least 4 members (excludes halogenated alkanes) is 3. The summed E-state index contributed by atoms with van der Waals surface area (Å²) in [6.07, 6.45) is 7.13. The van der Waals surface area contributed by atoms with E-state index in [2.05, 4.69) is 26.1 Å². The monoisotopic (exact) mass is 320 g/mol. The summed E-state index contributed by atoms with van der Waals surface area (Å²) < 4.78 is 18.3. The minimum absolute atomic E-state index is 0.614. The maximum atomic E-state index is 6.10. The second kappa shape index (κ2) is 14.9. The highest BCUT2D eigenvalue weighted by molar-refractivity contribution is 6.60. The molecule has 0 unspecified atom stereocenters. The SMILES string of the molecule is CCCCO[Si](CNCCN)(OCCCC)OCCCC. The van der Waals surface area contributed by atoms with E-state index in [1.807, 2.05) is 0 Å². The molecule has 6 heteroatoms. The predicted octanol–water partition coefficient (Wildman–Crippen LogP) is 2.46. The molecule has 0 aromatic heterocycles. The molecule has 0 aromatic rings. The fraction of sp³-hybridized carbons (Fsp3) is 1.00. The van der Waals surface area contributed by atoms with Gasteiger partial charge in [-0.05, 0) is 19.3 Å². The highest BCUT2D eigenvalue weighted by Gasteiger charge is 2.40. The topological polar surface area (TPSA) is 65.7 Å². The van der Waals surface area contributed by atoms with E-state index in [-0.39, 0.29) is 0 Å². The van der Waals surface area contributed by atoms with Gasteiger partial charge in [-0.1, -0.05) is 40.0 Å². The van der Waals surface area contributed by atoms with Crippen molar-refractivity contribution in [2.24, 2.45) is 5.73 Å². The smallest absolute Gasteiger partial charge is 0.373 e. The average molecular weight is 321 g/mol. The lowest BCUT2D eigenvalue weighted by Crippen LogP contribution is -2.55. The first-order chi connectivity index (χ1) is 10.2. The average Bonchev–Trinajstić information content (AvgIpc) is 2.48. The number of nitrogens with two attached hydrogens (primary N) is 1. The van der Waals surface area contributed by atoms with Gasteiger partial charge in [0.05, 0.1) is 6.17 Å². The molecule has 0 bridgehead atoms. The van der Waals surface area contributed by atoms with Crippen LogP contribution < -0.4 is 11.1 Å². The molecule has 3 N–H and O–H groups in total. The Morgan fingerprint density at radius 2 is 1.24 bits per heavy atom. The fourth-order valence-corrected chi connectivity index (χ4v) is 4.14. The number of nitrogens with one attached hydrogen (secondary N) is 1. The zero-order valence-electron chi connectivity index (χ0n) is 14.3. The standard InChI is InChI=1S/C15H36N2O3Si/c1-4-7-12-18-21(15-17-11-10-16,19-13-8-5-2)20-14-9-6-3/h17H,4-16H2,1-3H3. The van der Waals surface area contributed by atoms with Gasteiger partial charge < -0.3 is 24.3 Å². The molecule has 0 rings (SSSR count). The predicted molar refractivity (Wildman–Crippen MR) is 90.3 cm³/mol. The van der Waals surface area contributed by atoms with E-state index in [1.165, 1.54) is 0 Å². The summed E-state index contributed by atoms with van der Waals surface area (Å²) >= 11 is 0. The van der Waals surface area contributed by atoms with Gasteiger partial charge in [0.1, 0.15) is 0 Å². The molecule has 0 saturated heterocycles. The largest absolute Gasteiger partial charge is 0.515 e. The molecular formula is C15H36N2O3Si. The van der Waals surface area contributed by atoms with Gasteiger partial charge in [0, 0.05) is 32.9 Å². The highest BCUT2D eigenvalue weighted by atomic mass is 28.4. The Morgan fingerprint density at radius 1 is 0.810 bits per heavy atom. The molecule has 0 radical (unpaired) electrons. The van der Waals surface area contributed by atoms with E-state index < -0.39 is 8.80 Å². The summed E-state index contributed by atoms with van der Waals surface area (Å²) in [5.74, 6) is 0. The van der Waals surface area contributed by atoms with Gasteiger partial charge in [-0.3, -0.25) is 0 Å². The van der Waals surface area contributed by atoms with Crippen molar-refractivity contribution in [3.63, 3.8) is 0 Å². The first-order valence-corrected chi connectivity index (χ1v) is 10.5. The van der Waals surface area contributed by atoms with E-state index in [9.17, 15) is 0 Å². The van der Waals surface area contributed by atoms with Gasteiger partial charge in [0.2, 0.25) is 0 Å². The van der Waals surface area contributed by atoms with Crippen LogP contribution in [0.2, 0.25) is 0 Å². The summed E-state index contributed by atoms with van der Waals surface area (Å²) in [7, 11) is -2.61. The zero-order chi connectivity index (χ0) is 15.8. The fourth-order valence-electron chi connectivity index (χ4n) is 1.74. The number of hydrogen-bond acceptors (Lipinski definition) is 5. The molecule has 0 heterocycles. The van der Waals surface area contributed by atoms with Gasteiger partial charge in [-0.15, -0.1) is 0 Å². The van der Waals surface area contributed by atoms with Crippen molar-refractivity contribution in [2.75, 3.05) is 39.1 Å². The molecule has 0 saturated carbocycles. The van der Waals surface area contributed by atoms with Crippen molar-refractivity contribution in [1.82, 2.24) is 5.32 Å². The van der Waals surface area contributed by atoms with Crippen molar-refractivity contribution in [2.45, 2.75) is 59.3 Å². The lowest BCUT2D eigenvalue weighted by molar-refractivity contribution is 0.0553. The Bertz CT molecular complexity index is 176. The Labute approximate surface area is 132 Å². The van der Waals surface area contributed by atoms with E-state index in [0.717, 1.165) is 45.1 Å². The van der Waals surface area contributed by atoms with Gasteiger partial charge in [-0.25, -0.2) is 0 Å². The zero-order valence-corrected chi connectivity index (χ0v) is 15.3. The Hall–Kier alpha value is 0.0169. The van der Waals surface area contributed by atoms with Crippen LogP contribution in [-0.4, -0.2) is 47.9 Å². The first kappa shape index (κ1) is 21.0. The van der Waals surface area contributed by atoms with E-state index in [0.29, 0.717) is 32.5 Å². The Balaban J connectivity index is 4.52. The van der Waals surface area contributed by atoms with Crippen molar-refractivity contribution in [1.29, 1.82) is 0 Å². The first-order valence-electron chi connectivity index (χ1n) is 8.57. The normalized spacial score (nSPS) is 12.0. The molecule has 0 aliphatic heterocycles. The van der Waals surface area contributed by atoms with Gasteiger partial charge in [-0.2, -0.15) is 0 Å². The summed E-state index contributed by atoms with van der Waals surface area (Å²) in [5.41, 5.74) is 5.55. The molecule has 21 heavy (non-hydrogen) atoms. The Kier molecular flexibility index (Phi) is 14.9. The molecule has 0 fully saturated rings. The van der Waals surface area contributed by atoms with Crippen LogP contribution in [-0.2, 0) is 13.3 Å². The van der Waals surface area contributed by atoms with Crippen LogP contribution in [0.5, 0.6) is 0 Å². The molecule has 0 aliphatic carbocycles. The maximum Gasteiger partial charge on any atom is 0.515 e. The summed E-state index contributed by atoms with van der Waals surface area (Å²) in [6, 6.07) is 0. The molecule has 5 nitrogen and oxygen atoms in total. The van der Waals surface area contributed by atoms with Gasteiger partial charge >= 0.3 is 8.80 Å². The lowest BCUT2D eigenvalue weighted by atomic mass is 10.4. The molecule has 0 aliphatic rings. The maximum absolute atomic E-state index is 6.10. The minimum atomic E-state index is -2.61. The molecular weight excluding hydrogens is 284 g/mol. The number of hydrogen-bond donors (Lipinski definition) is 2. The quantitative estimate of drug-likeness (QED) is 0.338. The van der Waals surface area contributed by atoms with Gasteiger partial charge in [0.25, 0.3) is 0 Å². The summed E-state index contributed by atoms with van der Waals surface area (Å²) in [6.45, 7) is 10.0. The third-order valence-corrected chi connectivity index (χ3v) is 5.74. The molecule has 128 valence electrons. The van der Waals surface area contributed by atoms with Crippen LogP contribution in [0.1, 0.15) is 59.3 Å². The van der Waals surface area contributed by atoms with E-state index in [4.69, 9.17) is 19.0 Å². The minimum Gasteiger partial charge on any atom is -0.373 e. The van der Waals surface area contributed by atoms with Crippen LogP contribution in [0.4, 0.5) is 0 Å².